The van der Waals surface area contributed by atoms with Crippen LogP contribution in [-0.4, -0.2) is 0 Å². The van der Waals surface area contributed by atoms with Crippen LogP contribution < -0.4 is 0 Å². The van der Waals surface area contributed by atoms with E-state index in [1.807, 2.05) is 40.7 Å². The van der Waals surface area contributed by atoms with Gasteiger partial charge < -0.3 is 0 Å². The largest absolute Gasteiger partial charge is 0.0988 e. The van der Waals surface area contributed by atoms with E-state index < -0.39 is 0 Å². The molecule has 1 rings (SSSR count). The minimum Gasteiger partial charge on any atom is -0.0988 e. The molecule has 0 spiro atoms. The molecule has 1 aliphatic rings. The smallest absolute Gasteiger partial charge is 0.0202 e. The van der Waals surface area contributed by atoms with Gasteiger partial charge in [0.05, 0.1) is 0 Å². The number of allylic oxidation sites excluding steroid dienone is 6. The van der Waals surface area contributed by atoms with Gasteiger partial charge in [-0.25, -0.2) is 0 Å². The van der Waals surface area contributed by atoms with E-state index in [0.29, 0.717) is 0 Å². The van der Waals surface area contributed by atoms with Crippen LogP contribution in [0.25, 0.3) is 0 Å². The molecule has 1 aliphatic carbocycles. The summed E-state index contributed by atoms with van der Waals surface area (Å²) in [6.45, 7) is 17.9. The summed E-state index contributed by atoms with van der Waals surface area (Å²) in [5.41, 5.74) is 3.91. The molecule has 0 fully saturated rings. The van der Waals surface area contributed by atoms with Gasteiger partial charge in [-0.2, -0.15) is 0 Å². The molecule has 0 aliphatic heterocycles. The molecule has 0 aromatic heterocycles. The fourth-order valence-electron chi connectivity index (χ4n) is 1.59. The van der Waals surface area contributed by atoms with Crippen molar-refractivity contribution in [2.75, 3.05) is 0 Å². The van der Waals surface area contributed by atoms with Gasteiger partial charge in [0.2, 0.25) is 0 Å². The molecule has 0 aromatic carbocycles. The molecule has 0 radical (unpaired) electrons. The zero-order chi connectivity index (χ0) is 13.0. The Labute approximate surface area is 110 Å². The molecule has 0 heteroatoms. The third kappa shape index (κ3) is 7.79. The maximum atomic E-state index is 4.06. The van der Waals surface area contributed by atoms with E-state index in [4.69, 9.17) is 0 Å². The van der Waals surface area contributed by atoms with Gasteiger partial charge in [0, 0.05) is 0 Å². The number of hydrogen-bond acceptors (Lipinski definition) is 0. The van der Waals surface area contributed by atoms with Crippen molar-refractivity contribution < 1.29 is 0 Å². The SMILES string of the molecule is C.C=CC1=C(/C=C\C)C(=C)CCC1.CC.CC. The maximum Gasteiger partial charge on any atom is -0.0202 e. The van der Waals surface area contributed by atoms with Crippen molar-refractivity contribution in [3.63, 3.8) is 0 Å². The molecule has 0 nitrogen and oxygen atoms in total. The Morgan fingerprint density at radius 2 is 1.59 bits per heavy atom. The first-order valence-electron chi connectivity index (χ1n) is 6.46. The van der Waals surface area contributed by atoms with Crippen molar-refractivity contribution in [3.8, 4) is 0 Å². The van der Waals surface area contributed by atoms with E-state index in [0.717, 1.165) is 12.8 Å². The van der Waals surface area contributed by atoms with Gasteiger partial charge in [0.15, 0.2) is 0 Å². The fraction of sp³-hybridized carbons (Fsp3) is 0.529. The second-order valence-corrected chi connectivity index (χ2v) is 3.10. The molecule has 100 valence electrons. The Bertz CT molecular complexity index is 251. The minimum absolute atomic E-state index is 0. The fourth-order valence-corrected chi connectivity index (χ4v) is 1.59. The zero-order valence-electron chi connectivity index (χ0n) is 11.8. The van der Waals surface area contributed by atoms with Crippen LogP contribution in [0, 0.1) is 0 Å². The molecule has 0 amide bonds. The summed E-state index contributed by atoms with van der Waals surface area (Å²) in [7, 11) is 0. The first kappa shape index (κ1) is 21.3. The van der Waals surface area contributed by atoms with Gasteiger partial charge in [0.25, 0.3) is 0 Å². The topological polar surface area (TPSA) is 0 Å². The third-order valence-corrected chi connectivity index (χ3v) is 2.23. The second kappa shape index (κ2) is 15.0. The summed E-state index contributed by atoms with van der Waals surface area (Å²) in [5.74, 6) is 0. The second-order valence-electron chi connectivity index (χ2n) is 3.10. The molecular weight excluding hydrogens is 204 g/mol. The quantitative estimate of drug-likeness (QED) is 0.515. The van der Waals surface area contributed by atoms with E-state index in [-0.39, 0.29) is 7.43 Å². The zero-order valence-corrected chi connectivity index (χ0v) is 11.8. The van der Waals surface area contributed by atoms with Crippen molar-refractivity contribution in [2.45, 2.75) is 61.3 Å². The van der Waals surface area contributed by atoms with Crippen molar-refractivity contribution in [3.05, 3.63) is 48.1 Å². The van der Waals surface area contributed by atoms with Crippen LogP contribution in [0.4, 0.5) is 0 Å². The van der Waals surface area contributed by atoms with Crippen LogP contribution in [0.15, 0.2) is 48.1 Å². The minimum atomic E-state index is 0. The molecule has 0 atom stereocenters. The molecule has 0 saturated heterocycles. The Morgan fingerprint density at radius 3 is 2.00 bits per heavy atom. The van der Waals surface area contributed by atoms with Gasteiger partial charge in [-0.05, 0) is 42.9 Å². The molecule has 0 heterocycles. The summed E-state index contributed by atoms with van der Waals surface area (Å²) < 4.78 is 0. The van der Waals surface area contributed by atoms with E-state index in [2.05, 4.69) is 25.3 Å². The van der Waals surface area contributed by atoms with Gasteiger partial charge in [-0.3, -0.25) is 0 Å². The van der Waals surface area contributed by atoms with Crippen molar-refractivity contribution in [1.29, 1.82) is 0 Å². The van der Waals surface area contributed by atoms with E-state index in [9.17, 15) is 0 Å². The average molecular weight is 236 g/mol. The Hall–Kier alpha value is -1.04. The highest BCUT2D eigenvalue weighted by molar-refractivity contribution is 5.47. The molecule has 0 N–H and O–H groups in total. The Balaban J connectivity index is -0.000000355. The van der Waals surface area contributed by atoms with Crippen molar-refractivity contribution in [1.82, 2.24) is 0 Å². The highest BCUT2D eigenvalue weighted by atomic mass is 14.2. The Morgan fingerprint density at radius 1 is 1.06 bits per heavy atom. The third-order valence-electron chi connectivity index (χ3n) is 2.23. The summed E-state index contributed by atoms with van der Waals surface area (Å²) >= 11 is 0. The normalized spacial score (nSPS) is 14.1. The molecule has 0 bridgehead atoms. The van der Waals surface area contributed by atoms with Gasteiger partial charge in [-0.1, -0.05) is 66.5 Å². The molecule has 0 unspecified atom stereocenters. The standard InChI is InChI=1S/C12H16.2C2H6.CH4/c1-4-7-12-10(3)8-6-9-11(12)5-2;2*1-2;/h4-5,7H,2-3,6,8-9H2,1H3;2*1-2H3;1H4/b7-4-;;;. The average Bonchev–Trinajstić information content (AvgIpc) is 2.37. The van der Waals surface area contributed by atoms with Gasteiger partial charge in [-0.15, -0.1) is 0 Å². The van der Waals surface area contributed by atoms with Crippen LogP contribution in [0.1, 0.15) is 61.3 Å². The predicted octanol–water partition coefficient (Wildman–Crippen LogP) is 6.47. The Kier molecular flexibility index (Phi) is 18.7. The molecule has 17 heavy (non-hydrogen) atoms. The summed E-state index contributed by atoms with van der Waals surface area (Å²) in [6, 6.07) is 0. The lowest BCUT2D eigenvalue weighted by molar-refractivity contribution is 0.787. The first-order valence-corrected chi connectivity index (χ1v) is 6.46. The molecular formula is C17H32. The first-order chi connectivity index (χ1) is 7.79. The van der Waals surface area contributed by atoms with E-state index in [1.165, 1.54) is 23.1 Å². The highest BCUT2D eigenvalue weighted by Gasteiger charge is 2.10. The van der Waals surface area contributed by atoms with Crippen LogP contribution in [0.2, 0.25) is 0 Å². The predicted molar refractivity (Wildman–Crippen MR) is 84.5 cm³/mol. The summed E-state index contributed by atoms with van der Waals surface area (Å²) in [4.78, 5) is 0. The number of hydrogen-bond donors (Lipinski definition) is 0. The monoisotopic (exact) mass is 236 g/mol. The molecule has 0 aromatic rings. The van der Waals surface area contributed by atoms with E-state index in [1.54, 1.807) is 0 Å². The lowest BCUT2D eigenvalue weighted by Gasteiger charge is -2.17. The van der Waals surface area contributed by atoms with Gasteiger partial charge in [0.1, 0.15) is 0 Å². The lowest BCUT2D eigenvalue weighted by atomic mass is 9.88. The van der Waals surface area contributed by atoms with Crippen LogP contribution >= 0.6 is 0 Å². The van der Waals surface area contributed by atoms with Crippen LogP contribution in [0.5, 0.6) is 0 Å². The summed E-state index contributed by atoms with van der Waals surface area (Å²) in [5, 5.41) is 0. The highest BCUT2D eigenvalue weighted by Crippen LogP contribution is 2.29. The maximum absolute atomic E-state index is 4.06. The van der Waals surface area contributed by atoms with Crippen LogP contribution in [-0.2, 0) is 0 Å². The number of rotatable bonds is 2. The van der Waals surface area contributed by atoms with Crippen molar-refractivity contribution >= 4 is 0 Å². The van der Waals surface area contributed by atoms with E-state index >= 15 is 0 Å². The lowest BCUT2D eigenvalue weighted by Crippen LogP contribution is -1.98. The van der Waals surface area contributed by atoms with Gasteiger partial charge >= 0.3 is 0 Å². The summed E-state index contributed by atoms with van der Waals surface area (Å²) in [6.07, 6.45) is 9.67. The van der Waals surface area contributed by atoms with Crippen LogP contribution in [0.3, 0.4) is 0 Å². The van der Waals surface area contributed by atoms with Crippen molar-refractivity contribution in [2.24, 2.45) is 0 Å². The molecule has 0 saturated carbocycles.